The van der Waals surface area contributed by atoms with Gasteiger partial charge >= 0.3 is 6.09 Å². The monoisotopic (exact) mass is 600 g/mol. The maximum atomic E-state index is 13.1. The number of carbonyl (C=O) groups excluding carboxylic acids is 3. The Morgan fingerprint density at radius 1 is 1.23 bits per heavy atom. The van der Waals surface area contributed by atoms with Gasteiger partial charge in [-0.1, -0.05) is 38.0 Å². The van der Waals surface area contributed by atoms with E-state index < -0.39 is 18.2 Å². The Labute approximate surface area is 254 Å². The van der Waals surface area contributed by atoms with Crippen molar-refractivity contribution in [1.29, 1.82) is 5.41 Å². The highest BCUT2D eigenvalue weighted by Gasteiger charge is 2.49. The highest BCUT2D eigenvalue weighted by Crippen LogP contribution is 2.56. The van der Waals surface area contributed by atoms with Crippen LogP contribution in [0.3, 0.4) is 0 Å². The van der Waals surface area contributed by atoms with Crippen LogP contribution in [-0.4, -0.2) is 79.8 Å². The normalized spacial score (nSPS) is 23.3. The lowest BCUT2D eigenvalue weighted by Crippen LogP contribution is -2.48. The van der Waals surface area contributed by atoms with Gasteiger partial charge in [-0.3, -0.25) is 15.0 Å². The molecule has 5 atom stereocenters. The second kappa shape index (κ2) is 15.1. The van der Waals surface area contributed by atoms with Crippen molar-refractivity contribution in [3.05, 3.63) is 35.4 Å². The maximum Gasteiger partial charge on any atom is 0.415 e. The standard InChI is InChI=1S/C31H48N6O6/c1-19-8-6-14-31(18-22(39)11-12-23(19)31)26-20(2)10-13-25(27(26)42-5)43-30(41)37(4)17-16-34-28(40)24(36-21(3)38)9-7-15-35-29(32)33/h10-13,19,22-24,39H,6-9,14-18H2,1-5H3,(H,34,40)(H,36,38)(H4,32,33,35)/t19-,22?,23?,24-,31-/m0/s1. The number of nitrogens with one attached hydrogen (secondary N) is 4. The van der Waals surface area contributed by atoms with Crippen LogP contribution in [0.4, 0.5) is 4.79 Å². The summed E-state index contributed by atoms with van der Waals surface area (Å²) in [4.78, 5) is 38.8. The first-order valence-electron chi connectivity index (χ1n) is 15.0. The molecule has 3 rings (SSSR count). The summed E-state index contributed by atoms with van der Waals surface area (Å²) in [5.74, 6) is 0.631. The van der Waals surface area contributed by atoms with Gasteiger partial charge in [-0.05, 0) is 56.1 Å². The number of ether oxygens (including phenoxy) is 2. The number of allylic oxidation sites excluding steroid dienone is 1. The van der Waals surface area contributed by atoms with Gasteiger partial charge in [0.25, 0.3) is 0 Å². The Kier molecular flexibility index (Phi) is 11.8. The van der Waals surface area contributed by atoms with E-state index in [2.05, 4.69) is 29.0 Å². The number of carbonyl (C=O) groups is 3. The largest absolute Gasteiger partial charge is 0.493 e. The summed E-state index contributed by atoms with van der Waals surface area (Å²) in [6.07, 6.45) is 7.40. The van der Waals surface area contributed by atoms with Crippen molar-refractivity contribution in [2.24, 2.45) is 17.6 Å². The quantitative estimate of drug-likeness (QED) is 0.0915. The third kappa shape index (κ3) is 8.40. The summed E-state index contributed by atoms with van der Waals surface area (Å²) in [7, 11) is 3.15. The molecule has 1 aromatic rings. The van der Waals surface area contributed by atoms with Crippen molar-refractivity contribution in [2.75, 3.05) is 33.8 Å². The van der Waals surface area contributed by atoms with Crippen LogP contribution in [-0.2, 0) is 15.0 Å². The fraction of sp³-hybridized carbons (Fsp3) is 0.613. The number of hydrogen-bond acceptors (Lipinski definition) is 7. The fourth-order valence-corrected chi connectivity index (χ4v) is 6.67. The molecule has 0 bridgehead atoms. The Hall–Kier alpha value is -3.80. The number of guanidine groups is 1. The van der Waals surface area contributed by atoms with E-state index >= 15 is 0 Å². The molecule has 238 valence electrons. The predicted molar refractivity (Wildman–Crippen MR) is 164 cm³/mol. The van der Waals surface area contributed by atoms with Crippen LogP contribution in [0.5, 0.6) is 11.5 Å². The number of aliphatic hydroxyl groups is 1. The van der Waals surface area contributed by atoms with E-state index in [0.29, 0.717) is 43.2 Å². The number of aliphatic hydroxyl groups excluding tert-OH is 1. The molecule has 1 aromatic carbocycles. The number of benzene rings is 1. The van der Waals surface area contributed by atoms with Crippen LogP contribution in [0.15, 0.2) is 24.3 Å². The summed E-state index contributed by atoms with van der Waals surface area (Å²) in [5.41, 5.74) is 6.96. The molecule has 12 nitrogen and oxygen atoms in total. The molecule has 0 spiro atoms. The molecule has 0 saturated heterocycles. The van der Waals surface area contributed by atoms with Crippen LogP contribution in [0.1, 0.15) is 63.5 Å². The molecule has 0 aliphatic heterocycles. The van der Waals surface area contributed by atoms with Crippen molar-refractivity contribution in [2.45, 2.75) is 76.9 Å². The molecule has 1 saturated carbocycles. The van der Waals surface area contributed by atoms with Gasteiger partial charge < -0.3 is 41.2 Å². The van der Waals surface area contributed by atoms with E-state index in [9.17, 15) is 19.5 Å². The van der Waals surface area contributed by atoms with E-state index in [1.807, 2.05) is 19.1 Å². The van der Waals surface area contributed by atoms with Crippen LogP contribution in [0, 0.1) is 24.2 Å². The fourth-order valence-electron chi connectivity index (χ4n) is 6.67. The SMILES string of the molecule is COc1c(OC(=O)N(C)CCNC(=O)[C@H](CCCNC(=N)N)NC(C)=O)ccc(C)c1[C@]12CCC[C@H](C)C1C=CC(O)C2. The second-order valence-electron chi connectivity index (χ2n) is 11.8. The van der Waals surface area contributed by atoms with Gasteiger partial charge in [0, 0.05) is 44.6 Å². The topological polar surface area (TPSA) is 179 Å². The molecular weight excluding hydrogens is 552 g/mol. The molecule has 2 aliphatic carbocycles. The Morgan fingerprint density at radius 3 is 2.65 bits per heavy atom. The van der Waals surface area contributed by atoms with Gasteiger partial charge in [0.1, 0.15) is 6.04 Å². The van der Waals surface area contributed by atoms with Crippen LogP contribution in [0.25, 0.3) is 0 Å². The lowest BCUT2D eigenvalue weighted by Gasteiger charge is -2.50. The molecule has 0 heterocycles. The molecule has 12 heteroatoms. The number of likely N-dealkylation sites (N-methyl/N-ethyl adjacent to an activating group) is 1. The lowest BCUT2D eigenvalue weighted by atomic mass is 9.54. The number of amides is 3. The average Bonchev–Trinajstić information content (AvgIpc) is 2.94. The van der Waals surface area contributed by atoms with E-state index in [1.165, 1.54) is 11.8 Å². The summed E-state index contributed by atoms with van der Waals surface area (Å²) in [6.45, 7) is 6.34. The zero-order chi connectivity index (χ0) is 31.7. The number of nitrogens with zero attached hydrogens (tertiary/aromatic N) is 1. The van der Waals surface area contributed by atoms with Gasteiger partial charge in [-0.25, -0.2) is 4.79 Å². The van der Waals surface area contributed by atoms with Gasteiger partial charge in [-0.15, -0.1) is 0 Å². The summed E-state index contributed by atoms with van der Waals surface area (Å²) in [5, 5.41) is 26.0. The smallest absolute Gasteiger partial charge is 0.415 e. The first-order valence-corrected chi connectivity index (χ1v) is 15.0. The van der Waals surface area contributed by atoms with E-state index in [4.69, 9.17) is 20.6 Å². The Bertz CT molecular complexity index is 1210. The van der Waals surface area contributed by atoms with Gasteiger partial charge in [0.05, 0.1) is 13.2 Å². The van der Waals surface area contributed by atoms with Gasteiger partial charge in [-0.2, -0.15) is 0 Å². The Balaban J connectivity index is 1.68. The molecule has 0 radical (unpaired) electrons. The predicted octanol–water partition coefficient (Wildman–Crippen LogP) is 2.31. The van der Waals surface area contributed by atoms with E-state index in [-0.39, 0.29) is 42.2 Å². The summed E-state index contributed by atoms with van der Waals surface area (Å²) >= 11 is 0. The number of methoxy groups -OCH3 is 1. The van der Waals surface area contributed by atoms with Crippen LogP contribution < -0.4 is 31.2 Å². The zero-order valence-electron chi connectivity index (χ0n) is 26.0. The minimum absolute atomic E-state index is 0.148. The van der Waals surface area contributed by atoms with E-state index in [1.54, 1.807) is 20.2 Å². The van der Waals surface area contributed by atoms with Crippen LogP contribution >= 0.6 is 0 Å². The number of nitrogens with two attached hydrogens (primary N) is 1. The maximum absolute atomic E-state index is 13.1. The lowest BCUT2D eigenvalue weighted by molar-refractivity contribution is -0.128. The third-order valence-corrected chi connectivity index (χ3v) is 8.61. The first kappa shape index (κ1) is 33.7. The molecule has 0 aromatic heterocycles. The summed E-state index contributed by atoms with van der Waals surface area (Å²) < 4.78 is 11.7. The van der Waals surface area contributed by atoms with Crippen molar-refractivity contribution >= 4 is 23.9 Å². The van der Waals surface area contributed by atoms with Crippen molar-refractivity contribution in [3.8, 4) is 11.5 Å². The van der Waals surface area contributed by atoms with Crippen molar-refractivity contribution < 1.29 is 29.0 Å². The minimum Gasteiger partial charge on any atom is -0.493 e. The van der Waals surface area contributed by atoms with Crippen molar-refractivity contribution in [1.82, 2.24) is 20.9 Å². The second-order valence-corrected chi connectivity index (χ2v) is 11.8. The Morgan fingerprint density at radius 2 is 1.98 bits per heavy atom. The zero-order valence-corrected chi connectivity index (χ0v) is 26.0. The van der Waals surface area contributed by atoms with Crippen LogP contribution in [0.2, 0.25) is 0 Å². The molecule has 7 N–H and O–H groups in total. The first-order chi connectivity index (χ1) is 20.4. The highest BCUT2D eigenvalue weighted by atomic mass is 16.6. The average molecular weight is 601 g/mol. The highest BCUT2D eigenvalue weighted by molar-refractivity contribution is 5.86. The van der Waals surface area contributed by atoms with Crippen molar-refractivity contribution in [3.63, 3.8) is 0 Å². The minimum atomic E-state index is -0.752. The molecular formula is C31H48N6O6. The van der Waals surface area contributed by atoms with Gasteiger partial charge in [0.15, 0.2) is 17.5 Å². The molecule has 43 heavy (non-hydrogen) atoms. The number of hydrogen-bond donors (Lipinski definition) is 6. The number of fused-ring (bicyclic) bond motifs is 1. The number of aryl methyl sites for hydroxylation is 1. The third-order valence-electron chi connectivity index (χ3n) is 8.61. The molecule has 2 aliphatic rings. The summed E-state index contributed by atoms with van der Waals surface area (Å²) in [6, 6.07) is 2.92. The molecule has 2 unspecified atom stereocenters. The van der Waals surface area contributed by atoms with E-state index in [0.717, 1.165) is 30.4 Å². The molecule has 1 fully saturated rings. The number of rotatable bonds is 12. The molecule has 3 amide bonds. The van der Waals surface area contributed by atoms with Gasteiger partial charge in [0.2, 0.25) is 11.8 Å².